The molecule has 0 bridgehead atoms. The molecule has 1 aromatic carbocycles. The van der Waals surface area contributed by atoms with Crippen LogP contribution in [0.5, 0.6) is 0 Å². The summed E-state index contributed by atoms with van der Waals surface area (Å²) in [6.45, 7) is -0.224. The van der Waals surface area contributed by atoms with Gasteiger partial charge in [0.1, 0.15) is 16.5 Å². The van der Waals surface area contributed by atoms with Gasteiger partial charge in [-0.2, -0.15) is 0 Å². The summed E-state index contributed by atoms with van der Waals surface area (Å²) < 4.78 is 54.5. The molecule has 7 nitrogen and oxygen atoms in total. The second-order valence-corrected chi connectivity index (χ2v) is 6.50. The molecule has 0 unspecified atom stereocenters. The molecule has 0 saturated heterocycles. The van der Waals surface area contributed by atoms with E-state index in [0.717, 1.165) is 12.1 Å². The molecule has 0 fully saturated rings. The van der Waals surface area contributed by atoms with Gasteiger partial charge in [-0.25, -0.2) is 26.6 Å². The number of hydrogen-bond donors (Lipinski definition) is 1. The first-order chi connectivity index (χ1) is 11.5. The van der Waals surface area contributed by atoms with E-state index in [2.05, 4.69) is 20.0 Å². The Morgan fingerprint density at radius 1 is 1.21 bits per heavy atom. The van der Waals surface area contributed by atoms with Crippen LogP contribution in [0.2, 0.25) is 0 Å². The number of aromatic nitrogens is 4. The van der Waals surface area contributed by atoms with E-state index in [0.29, 0.717) is 17.4 Å². The number of nitrogens with one attached hydrogen (secondary N) is 1. The van der Waals surface area contributed by atoms with E-state index in [-0.39, 0.29) is 6.54 Å². The summed E-state index contributed by atoms with van der Waals surface area (Å²) in [5.41, 5.74) is 0.953. The molecule has 0 amide bonds. The molecule has 24 heavy (non-hydrogen) atoms. The molecule has 0 aliphatic heterocycles. The molecule has 0 saturated carbocycles. The van der Waals surface area contributed by atoms with Crippen molar-refractivity contribution in [2.24, 2.45) is 0 Å². The van der Waals surface area contributed by atoms with Gasteiger partial charge in [0.2, 0.25) is 10.0 Å². The Morgan fingerprint density at radius 3 is 2.79 bits per heavy atom. The van der Waals surface area contributed by atoms with E-state index in [4.69, 9.17) is 0 Å². The number of hydrogen-bond acceptors (Lipinski definition) is 5. The normalized spacial score (nSPS) is 11.6. The SMILES string of the molecule is O=S(=O)(NCc1cn(-c2cccnc2)nn1)c1cc(F)ccc1F. The molecule has 3 rings (SSSR count). The second kappa shape index (κ2) is 6.42. The molecule has 10 heteroatoms. The maximum absolute atomic E-state index is 13.6. The quantitative estimate of drug-likeness (QED) is 0.751. The predicted octanol–water partition coefficient (Wildman–Crippen LogP) is 1.42. The van der Waals surface area contributed by atoms with E-state index in [9.17, 15) is 17.2 Å². The Kier molecular flexibility index (Phi) is 4.32. The van der Waals surface area contributed by atoms with E-state index in [1.165, 1.54) is 10.9 Å². The van der Waals surface area contributed by atoms with Crippen LogP contribution in [0.3, 0.4) is 0 Å². The molecule has 2 heterocycles. The fraction of sp³-hybridized carbons (Fsp3) is 0.0714. The van der Waals surface area contributed by atoms with Crippen molar-refractivity contribution in [1.29, 1.82) is 0 Å². The van der Waals surface area contributed by atoms with Crippen LogP contribution >= 0.6 is 0 Å². The minimum absolute atomic E-state index is 0.224. The number of pyridine rings is 1. The van der Waals surface area contributed by atoms with Gasteiger partial charge in [0.25, 0.3) is 0 Å². The van der Waals surface area contributed by atoms with Crippen LogP contribution in [0.1, 0.15) is 5.69 Å². The summed E-state index contributed by atoms with van der Waals surface area (Å²) in [4.78, 5) is 3.17. The van der Waals surface area contributed by atoms with Crippen molar-refractivity contribution in [2.45, 2.75) is 11.4 Å². The number of halogens is 2. The first-order valence-electron chi connectivity index (χ1n) is 6.72. The van der Waals surface area contributed by atoms with Crippen LogP contribution in [0.4, 0.5) is 8.78 Å². The van der Waals surface area contributed by atoms with Gasteiger partial charge >= 0.3 is 0 Å². The molecule has 0 aliphatic carbocycles. The molecule has 0 radical (unpaired) electrons. The minimum Gasteiger partial charge on any atom is -0.262 e. The third-order valence-electron chi connectivity index (χ3n) is 3.08. The Bertz CT molecular complexity index is 960. The van der Waals surface area contributed by atoms with Crippen LogP contribution in [0.15, 0.2) is 53.8 Å². The Morgan fingerprint density at radius 2 is 2.04 bits per heavy atom. The van der Waals surface area contributed by atoms with Crippen molar-refractivity contribution in [3.05, 3.63) is 66.3 Å². The maximum Gasteiger partial charge on any atom is 0.243 e. The lowest BCUT2D eigenvalue weighted by atomic mass is 10.3. The first kappa shape index (κ1) is 16.1. The smallest absolute Gasteiger partial charge is 0.243 e. The van der Waals surface area contributed by atoms with Crippen LogP contribution < -0.4 is 4.72 Å². The summed E-state index contributed by atoms with van der Waals surface area (Å²) in [5, 5.41) is 7.67. The van der Waals surface area contributed by atoms with Gasteiger partial charge in [-0.3, -0.25) is 4.98 Å². The number of benzene rings is 1. The lowest BCUT2D eigenvalue weighted by Gasteiger charge is -2.06. The summed E-state index contributed by atoms with van der Waals surface area (Å²) in [6, 6.07) is 5.67. The minimum atomic E-state index is -4.22. The predicted molar refractivity (Wildman–Crippen MR) is 79.5 cm³/mol. The lowest BCUT2D eigenvalue weighted by Crippen LogP contribution is -2.24. The van der Waals surface area contributed by atoms with Gasteiger partial charge < -0.3 is 0 Å². The molecular weight excluding hydrogens is 340 g/mol. The third kappa shape index (κ3) is 3.44. The van der Waals surface area contributed by atoms with Gasteiger partial charge in [0.15, 0.2) is 0 Å². The van der Waals surface area contributed by atoms with Crippen LogP contribution in [0, 0.1) is 11.6 Å². The van der Waals surface area contributed by atoms with Gasteiger partial charge in [-0.15, -0.1) is 5.10 Å². The standard InChI is InChI=1S/C14H11F2N5O2S/c15-10-3-4-13(16)14(6-10)24(22,23)18-7-11-9-21(20-19-11)12-2-1-5-17-8-12/h1-6,8-9,18H,7H2. The molecular formula is C14H11F2N5O2S. The van der Waals surface area contributed by atoms with E-state index in [1.807, 2.05) is 0 Å². The van der Waals surface area contributed by atoms with E-state index < -0.39 is 26.6 Å². The molecule has 124 valence electrons. The molecule has 0 atom stereocenters. The third-order valence-corrected chi connectivity index (χ3v) is 4.49. The Balaban J connectivity index is 1.76. The molecule has 0 spiro atoms. The average Bonchev–Trinajstić information content (AvgIpc) is 3.05. The Hall–Kier alpha value is -2.72. The summed E-state index contributed by atoms with van der Waals surface area (Å²) >= 11 is 0. The highest BCUT2D eigenvalue weighted by Gasteiger charge is 2.20. The van der Waals surface area contributed by atoms with Crippen molar-refractivity contribution in [3.63, 3.8) is 0 Å². The number of sulfonamides is 1. The van der Waals surface area contributed by atoms with Crippen molar-refractivity contribution in [1.82, 2.24) is 24.7 Å². The highest BCUT2D eigenvalue weighted by molar-refractivity contribution is 7.89. The molecule has 0 aliphatic rings. The average molecular weight is 351 g/mol. The zero-order chi connectivity index (χ0) is 17.2. The summed E-state index contributed by atoms with van der Waals surface area (Å²) in [6.07, 6.45) is 4.66. The molecule has 2 aromatic heterocycles. The lowest BCUT2D eigenvalue weighted by molar-refractivity contribution is 0.545. The maximum atomic E-state index is 13.6. The number of rotatable bonds is 5. The summed E-state index contributed by atoms with van der Waals surface area (Å²) in [7, 11) is -4.22. The highest BCUT2D eigenvalue weighted by Crippen LogP contribution is 2.16. The fourth-order valence-electron chi connectivity index (χ4n) is 1.92. The van der Waals surface area contributed by atoms with Crippen molar-refractivity contribution in [3.8, 4) is 5.69 Å². The van der Waals surface area contributed by atoms with Gasteiger partial charge in [0, 0.05) is 6.20 Å². The molecule has 3 aromatic rings. The Labute approximate surface area is 136 Å². The van der Waals surface area contributed by atoms with Crippen molar-refractivity contribution in [2.75, 3.05) is 0 Å². The number of nitrogens with zero attached hydrogens (tertiary/aromatic N) is 4. The zero-order valence-corrected chi connectivity index (χ0v) is 12.9. The van der Waals surface area contributed by atoms with E-state index >= 15 is 0 Å². The van der Waals surface area contributed by atoms with Crippen LogP contribution in [0.25, 0.3) is 5.69 Å². The van der Waals surface area contributed by atoms with Crippen molar-refractivity contribution < 1.29 is 17.2 Å². The second-order valence-electron chi connectivity index (χ2n) is 4.76. The topological polar surface area (TPSA) is 89.8 Å². The highest BCUT2D eigenvalue weighted by atomic mass is 32.2. The summed E-state index contributed by atoms with van der Waals surface area (Å²) in [5.74, 6) is -1.89. The fourth-order valence-corrected chi connectivity index (χ4v) is 3.01. The van der Waals surface area contributed by atoms with Crippen molar-refractivity contribution >= 4 is 10.0 Å². The van der Waals surface area contributed by atoms with E-state index in [1.54, 1.807) is 24.5 Å². The van der Waals surface area contributed by atoms with Crippen LogP contribution in [-0.4, -0.2) is 28.4 Å². The zero-order valence-electron chi connectivity index (χ0n) is 12.1. The van der Waals surface area contributed by atoms with Crippen LogP contribution in [-0.2, 0) is 16.6 Å². The monoisotopic (exact) mass is 351 g/mol. The van der Waals surface area contributed by atoms with Gasteiger partial charge in [-0.05, 0) is 30.3 Å². The first-order valence-corrected chi connectivity index (χ1v) is 8.20. The largest absolute Gasteiger partial charge is 0.262 e. The van der Waals surface area contributed by atoms with Gasteiger partial charge in [-0.1, -0.05) is 5.21 Å². The van der Waals surface area contributed by atoms with Gasteiger partial charge in [0.05, 0.1) is 30.3 Å². The molecule has 1 N–H and O–H groups in total.